The molecule has 0 bridgehead atoms. The number of aryl methyl sites for hydroxylation is 1. The van der Waals surface area contributed by atoms with Gasteiger partial charge in [0, 0.05) is 17.6 Å². The van der Waals surface area contributed by atoms with Gasteiger partial charge in [0.25, 0.3) is 5.91 Å². The lowest BCUT2D eigenvalue weighted by atomic mass is 10.0. The average Bonchev–Trinajstić information content (AvgIpc) is 3.21. The van der Waals surface area contributed by atoms with Crippen molar-refractivity contribution in [3.8, 4) is 0 Å². The maximum absolute atomic E-state index is 13.4. The third-order valence-electron chi connectivity index (χ3n) is 5.18. The number of pyridine rings is 1. The predicted octanol–water partition coefficient (Wildman–Crippen LogP) is 5.49. The van der Waals surface area contributed by atoms with Gasteiger partial charge in [0.1, 0.15) is 5.58 Å². The van der Waals surface area contributed by atoms with Gasteiger partial charge >= 0.3 is 0 Å². The molecule has 2 aromatic heterocycles. The second-order valence-electron chi connectivity index (χ2n) is 7.28. The lowest BCUT2D eigenvalue weighted by Crippen LogP contribution is -2.38. The molecule has 0 aliphatic heterocycles. The van der Waals surface area contributed by atoms with Crippen LogP contribution in [-0.4, -0.2) is 21.8 Å². The van der Waals surface area contributed by atoms with Crippen LogP contribution in [0.5, 0.6) is 0 Å². The molecule has 2 aromatic carbocycles. The average molecular weight is 384 g/mol. The van der Waals surface area contributed by atoms with E-state index in [1.807, 2.05) is 71.6 Å². The number of benzene rings is 2. The van der Waals surface area contributed by atoms with Crippen molar-refractivity contribution in [3.63, 3.8) is 0 Å². The Labute approximate surface area is 170 Å². The summed E-state index contributed by atoms with van der Waals surface area (Å²) in [6.07, 6.45) is 3.53. The second kappa shape index (κ2) is 8.74. The van der Waals surface area contributed by atoms with Crippen LogP contribution in [0.1, 0.15) is 35.2 Å². The summed E-state index contributed by atoms with van der Waals surface area (Å²) in [6, 6.07) is 25.7. The molecule has 1 atom stereocenters. The summed E-state index contributed by atoms with van der Waals surface area (Å²) < 4.78 is 5.85. The Kier molecular flexibility index (Phi) is 5.71. The molecule has 4 rings (SSSR count). The molecule has 0 radical (unpaired) electrons. The minimum Gasteiger partial charge on any atom is -0.451 e. The Morgan fingerprint density at radius 3 is 2.52 bits per heavy atom. The molecule has 0 saturated heterocycles. The second-order valence-corrected chi connectivity index (χ2v) is 7.28. The molecule has 0 unspecified atom stereocenters. The van der Waals surface area contributed by atoms with Crippen molar-refractivity contribution in [1.82, 2.24) is 9.88 Å². The van der Waals surface area contributed by atoms with Crippen molar-refractivity contribution in [2.45, 2.75) is 32.4 Å². The van der Waals surface area contributed by atoms with Crippen molar-refractivity contribution >= 4 is 16.9 Å². The third kappa shape index (κ3) is 4.54. The molecular formula is C25H24N2O2. The van der Waals surface area contributed by atoms with Gasteiger partial charge in [0.05, 0.1) is 12.2 Å². The van der Waals surface area contributed by atoms with Gasteiger partial charge in [-0.25, -0.2) is 0 Å². The topological polar surface area (TPSA) is 46.3 Å². The van der Waals surface area contributed by atoms with E-state index in [9.17, 15) is 4.79 Å². The molecule has 29 heavy (non-hydrogen) atoms. The molecule has 0 fully saturated rings. The van der Waals surface area contributed by atoms with Crippen molar-refractivity contribution in [1.29, 1.82) is 0 Å². The van der Waals surface area contributed by atoms with Crippen LogP contribution >= 0.6 is 0 Å². The van der Waals surface area contributed by atoms with Crippen LogP contribution in [0.2, 0.25) is 0 Å². The van der Waals surface area contributed by atoms with E-state index < -0.39 is 0 Å². The zero-order valence-corrected chi connectivity index (χ0v) is 16.5. The number of carbonyl (C=O) groups excluding carboxylic acids is 1. The lowest BCUT2D eigenvalue weighted by Gasteiger charge is -2.28. The van der Waals surface area contributed by atoms with Gasteiger partial charge in [-0.2, -0.15) is 0 Å². The number of furan rings is 1. The molecule has 0 spiro atoms. The molecule has 4 aromatic rings. The zero-order chi connectivity index (χ0) is 20.1. The Morgan fingerprint density at radius 2 is 1.76 bits per heavy atom. The normalized spacial score (nSPS) is 12.0. The molecule has 146 valence electrons. The molecule has 0 saturated carbocycles. The number of aromatic nitrogens is 1. The van der Waals surface area contributed by atoms with Crippen LogP contribution in [0.25, 0.3) is 11.0 Å². The number of hydrogen-bond acceptors (Lipinski definition) is 3. The number of hydrogen-bond donors (Lipinski definition) is 0. The molecule has 4 heteroatoms. The van der Waals surface area contributed by atoms with Gasteiger partial charge in [0.2, 0.25) is 0 Å². The minimum atomic E-state index is -0.104. The summed E-state index contributed by atoms with van der Waals surface area (Å²) in [5, 5.41) is 0.936. The maximum atomic E-state index is 13.4. The number of para-hydroxylation sites is 1. The minimum absolute atomic E-state index is 0.0397. The summed E-state index contributed by atoms with van der Waals surface area (Å²) in [6.45, 7) is 2.54. The summed E-state index contributed by atoms with van der Waals surface area (Å²) >= 11 is 0. The van der Waals surface area contributed by atoms with Gasteiger partial charge in [-0.15, -0.1) is 0 Å². The summed E-state index contributed by atoms with van der Waals surface area (Å²) in [4.78, 5) is 19.7. The van der Waals surface area contributed by atoms with E-state index in [4.69, 9.17) is 4.42 Å². The first-order chi connectivity index (χ1) is 14.2. The fourth-order valence-electron chi connectivity index (χ4n) is 3.50. The van der Waals surface area contributed by atoms with Crippen LogP contribution in [-0.2, 0) is 13.0 Å². The Bertz CT molecular complexity index is 1040. The van der Waals surface area contributed by atoms with Crippen molar-refractivity contribution in [3.05, 3.63) is 102 Å². The van der Waals surface area contributed by atoms with E-state index >= 15 is 0 Å². The predicted molar refractivity (Wildman–Crippen MR) is 115 cm³/mol. The van der Waals surface area contributed by atoms with Gasteiger partial charge in [0.15, 0.2) is 5.76 Å². The van der Waals surface area contributed by atoms with Gasteiger partial charge < -0.3 is 9.32 Å². The summed E-state index contributed by atoms with van der Waals surface area (Å²) in [7, 11) is 0. The maximum Gasteiger partial charge on any atom is 0.290 e. The highest BCUT2D eigenvalue weighted by molar-refractivity contribution is 5.96. The van der Waals surface area contributed by atoms with Crippen LogP contribution in [0, 0.1) is 0 Å². The number of carbonyl (C=O) groups is 1. The first-order valence-electron chi connectivity index (χ1n) is 9.94. The molecule has 4 nitrogen and oxygen atoms in total. The van der Waals surface area contributed by atoms with E-state index in [-0.39, 0.29) is 11.9 Å². The highest BCUT2D eigenvalue weighted by atomic mass is 16.3. The largest absolute Gasteiger partial charge is 0.451 e. The SMILES string of the molecule is C[C@@H](CCc1ccccc1)N(Cc1ccccn1)C(=O)c1cc2ccccc2o1. The van der Waals surface area contributed by atoms with E-state index in [0.29, 0.717) is 12.3 Å². The fraction of sp³-hybridized carbons (Fsp3) is 0.200. The van der Waals surface area contributed by atoms with E-state index in [1.54, 1.807) is 6.20 Å². The smallest absolute Gasteiger partial charge is 0.290 e. The van der Waals surface area contributed by atoms with E-state index in [0.717, 1.165) is 29.5 Å². The lowest BCUT2D eigenvalue weighted by molar-refractivity contribution is 0.0634. The van der Waals surface area contributed by atoms with Crippen molar-refractivity contribution < 1.29 is 9.21 Å². The number of rotatable bonds is 7. The monoisotopic (exact) mass is 384 g/mol. The molecule has 0 aliphatic carbocycles. The molecule has 2 heterocycles. The Morgan fingerprint density at radius 1 is 1.00 bits per heavy atom. The van der Waals surface area contributed by atoms with Crippen molar-refractivity contribution in [2.24, 2.45) is 0 Å². The molecular weight excluding hydrogens is 360 g/mol. The summed E-state index contributed by atoms with van der Waals surface area (Å²) in [5.41, 5.74) is 2.86. The van der Waals surface area contributed by atoms with Crippen LogP contribution in [0.15, 0.2) is 89.5 Å². The third-order valence-corrected chi connectivity index (χ3v) is 5.18. The Hall–Kier alpha value is -3.40. The first-order valence-corrected chi connectivity index (χ1v) is 9.94. The first kappa shape index (κ1) is 18.9. The number of nitrogens with zero attached hydrogens (tertiary/aromatic N) is 2. The number of fused-ring (bicyclic) bond motifs is 1. The van der Waals surface area contributed by atoms with E-state index in [1.165, 1.54) is 5.56 Å². The van der Waals surface area contributed by atoms with Crippen LogP contribution < -0.4 is 0 Å². The quantitative estimate of drug-likeness (QED) is 0.423. The Balaban J connectivity index is 1.57. The molecule has 0 aliphatic rings. The van der Waals surface area contributed by atoms with E-state index in [2.05, 4.69) is 24.0 Å². The van der Waals surface area contributed by atoms with Crippen LogP contribution in [0.4, 0.5) is 0 Å². The molecule has 1 amide bonds. The van der Waals surface area contributed by atoms with Crippen molar-refractivity contribution in [2.75, 3.05) is 0 Å². The highest BCUT2D eigenvalue weighted by Crippen LogP contribution is 2.22. The summed E-state index contributed by atoms with van der Waals surface area (Å²) in [5.74, 6) is 0.265. The number of amides is 1. The van der Waals surface area contributed by atoms with Gasteiger partial charge in [-0.3, -0.25) is 9.78 Å². The molecule has 0 N–H and O–H groups in total. The zero-order valence-electron chi connectivity index (χ0n) is 16.5. The fourth-order valence-corrected chi connectivity index (χ4v) is 3.50. The standard InChI is InChI=1S/C25H24N2O2/c1-19(14-15-20-9-3-2-4-10-20)27(18-22-12-7-8-16-26-22)25(28)24-17-21-11-5-6-13-23(21)29-24/h2-13,16-17,19H,14-15,18H2,1H3/t19-/m0/s1. The van der Waals surface area contributed by atoms with Crippen LogP contribution in [0.3, 0.4) is 0 Å². The van der Waals surface area contributed by atoms with Gasteiger partial charge in [-0.1, -0.05) is 54.6 Å². The van der Waals surface area contributed by atoms with Gasteiger partial charge in [-0.05, 0) is 49.6 Å². The highest BCUT2D eigenvalue weighted by Gasteiger charge is 2.25.